The van der Waals surface area contributed by atoms with Crippen molar-refractivity contribution in [2.75, 3.05) is 26.2 Å². The van der Waals surface area contributed by atoms with Crippen molar-refractivity contribution < 1.29 is 9.59 Å². The van der Waals surface area contributed by atoms with Gasteiger partial charge in [0.2, 0.25) is 5.91 Å². The van der Waals surface area contributed by atoms with Crippen LogP contribution in [0.1, 0.15) is 36.5 Å². The van der Waals surface area contributed by atoms with E-state index in [1.807, 2.05) is 16.7 Å². The summed E-state index contributed by atoms with van der Waals surface area (Å²) in [6.45, 7) is 5.03. The molecule has 1 aromatic rings. The smallest absolute Gasteiger partial charge is 0.253 e. The second kappa shape index (κ2) is 5.47. The lowest BCUT2D eigenvalue weighted by molar-refractivity contribution is -0.137. The van der Waals surface area contributed by atoms with Crippen LogP contribution < -0.4 is 0 Å². The first kappa shape index (κ1) is 14.0. The van der Waals surface area contributed by atoms with Gasteiger partial charge in [0.15, 0.2) is 0 Å². The summed E-state index contributed by atoms with van der Waals surface area (Å²) in [6.07, 6.45) is 5.80. The Labute approximate surface area is 124 Å². The van der Waals surface area contributed by atoms with Crippen molar-refractivity contribution in [3.63, 3.8) is 0 Å². The van der Waals surface area contributed by atoms with Crippen LogP contribution in [0.4, 0.5) is 0 Å². The van der Waals surface area contributed by atoms with E-state index in [0.29, 0.717) is 24.6 Å². The molecule has 0 atom stereocenters. The minimum absolute atomic E-state index is 0.0463. The van der Waals surface area contributed by atoms with Crippen LogP contribution in [0.25, 0.3) is 0 Å². The summed E-state index contributed by atoms with van der Waals surface area (Å²) in [4.78, 5) is 32.6. The number of carbonyl (C=O) groups is 2. The van der Waals surface area contributed by atoms with Crippen LogP contribution in [0.5, 0.6) is 0 Å². The Morgan fingerprint density at radius 1 is 1.19 bits per heavy atom. The van der Waals surface area contributed by atoms with E-state index >= 15 is 0 Å². The molecule has 3 rings (SSSR count). The summed E-state index contributed by atoms with van der Waals surface area (Å²) in [5, 5.41) is 0. The van der Waals surface area contributed by atoms with Gasteiger partial charge < -0.3 is 9.80 Å². The SMILES string of the molecule is CCN1CCC2(CCN(C(=O)c3ccncc3)CC2)C1=O. The van der Waals surface area contributed by atoms with E-state index in [1.165, 1.54) is 0 Å². The highest BCUT2D eigenvalue weighted by molar-refractivity contribution is 5.94. The van der Waals surface area contributed by atoms with Gasteiger partial charge in [0.25, 0.3) is 5.91 Å². The Morgan fingerprint density at radius 2 is 1.81 bits per heavy atom. The fraction of sp³-hybridized carbons (Fsp3) is 0.562. The molecule has 2 saturated heterocycles. The number of pyridine rings is 1. The van der Waals surface area contributed by atoms with Gasteiger partial charge in [0.1, 0.15) is 0 Å². The number of nitrogens with zero attached hydrogens (tertiary/aromatic N) is 3. The Balaban J connectivity index is 1.66. The van der Waals surface area contributed by atoms with Crippen molar-refractivity contribution in [2.24, 2.45) is 5.41 Å². The van der Waals surface area contributed by atoms with E-state index in [4.69, 9.17) is 0 Å². The van der Waals surface area contributed by atoms with Crippen molar-refractivity contribution >= 4 is 11.8 Å². The minimum Gasteiger partial charge on any atom is -0.342 e. The van der Waals surface area contributed by atoms with Crippen LogP contribution in [0, 0.1) is 5.41 Å². The minimum atomic E-state index is -0.203. The molecule has 0 saturated carbocycles. The van der Waals surface area contributed by atoms with Crippen LogP contribution in [-0.2, 0) is 4.79 Å². The largest absolute Gasteiger partial charge is 0.342 e. The molecule has 112 valence electrons. The first-order valence-corrected chi connectivity index (χ1v) is 7.65. The fourth-order valence-corrected chi connectivity index (χ4v) is 3.47. The summed E-state index contributed by atoms with van der Waals surface area (Å²) in [6, 6.07) is 3.48. The van der Waals surface area contributed by atoms with Crippen molar-refractivity contribution in [1.29, 1.82) is 0 Å². The maximum Gasteiger partial charge on any atom is 0.253 e. The molecule has 3 heterocycles. The Kier molecular flexibility index (Phi) is 3.66. The second-order valence-electron chi connectivity index (χ2n) is 5.94. The average Bonchev–Trinajstić information content (AvgIpc) is 2.85. The molecule has 0 unspecified atom stereocenters. The Hall–Kier alpha value is -1.91. The van der Waals surface area contributed by atoms with Crippen molar-refractivity contribution in [2.45, 2.75) is 26.2 Å². The van der Waals surface area contributed by atoms with Gasteiger partial charge in [-0.05, 0) is 38.3 Å². The number of carbonyl (C=O) groups excluding carboxylic acids is 2. The molecule has 21 heavy (non-hydrogen) atoms. The molecule has 5 heteroatoms. The van der Waals surface area contributed by atoms with E-state index in [0.717, 1.165) is 32.4 Å². The number of likely N-dealkylation sites (tertiary alicyclic amines) is 2. The maximum atomic E-state index is 12.5. The molecule has 2 aliphatic heterocycles. The van der Waals surface area contributed by atoms with Gasteiger partial charge in [-0.1, -0.05) is 0 Å². The molecular weight excluding hydrogens is 266 g/mol. The van der Waals surface area contributed by atoms with E-state index in [2.05, 4.69) is 4.98 Å². The molecule has 0 aliphatic carbocycles. The third-order valence-corrected chi connectivity index (χ3v) is 4.92. The molecule has 0 radical (unpaired) electrons. The van der Waals surface area contributed by atoms with Crippen molar-refractivity contribution in [1.82, 2.24) is 14.8 Å². The van der Waals surface area contributed by atoms with Gasteiger partial charge in [-0.25, -0.2) is 0 Å². The van der Waals surface area contributed by atoms with E-state index in [-0.39, 0.29) is 11.3 Å². The van der Waals surface area contributed by atoms with Gasteiger partial charge in [-0.2, -0.15) is 0 Å². The zero-order valence-corrected chi connectivity index (χ0v) is 12.4. The zero-order chi connectivity index (χ0) is 14.9. The van der Waals surface area contributed by atoms with Crippen LogP contribution >= 0.6 is 0 Å². The van der Waals surface area contributed by atoms with Crippen LogP contribution in [0.2, 0.25) is 0 Å². The molecule has 0 aromatic carbocycles. The monoisotopic (exact) mass is 287 g/mol. The average molecular weight is 287 g/mol. The summed E-state index contributed by atoms with van der Waals surface area (Å²) >= 11 is 0. The van der Waals surface area contributed by atoms with E-state index in [1.54, 1.807) is 24.5 Å². The number of amides is 2. The second-order valence-corrected chi connectivity index (χ2v) is 5.94. The van der Waals surface area contributed by atoms with Crippen molar-refractivity contribution in [3.8, 4) is 0 Å². The topological polar surface area (TPSA) is 53.5 Å². The van der Waals surface area contributed by atoms with Gasteiger partial charge in [-0.3, -0.25) is 14.6 Å². The Bertz CT molecular complexity index is 536. The third-order valence-electron chi connectivity index (χ3n) is 4.92. The van der Waals surface area contributed by atoms with Crippen LogP contribution in [0.3, 0.4) is 0 Å². The normalized spacial score (nSPS) is 21.1. The predicted octanol–water partition coefficient (Wildman–Crippen LogP) is 1.56. The highest BCUT2D eigenvalue weighted by Gasteiger charge is 2.48. The van der Waals surface area contributed by atoms with E-state index in [9.17, 15) is 9.59 Å². The number of aromatic nitrogens is 1. The lowest BCUT2D eigenvalue weighted by Crippen LogP contribution is -2.46. The highest BCUT2D eigenvalue weighted by atomic mass is 16.2. The Morgan fingerprint density at radius 3 is 2.38 bits per heavy atom. The number of hydrogen-bond donors (Lipinski definition) is 0. The molecule has 1 spiro atoms. The number of hydrogen-bond acceptors (Lipinski definition) is 3. The number of piperidine rings is 1. The van der Waals surface area contributed by atoms with E-state index < -0.39 is 0 Å². The van der Waals surface area contributed by atoms with Gasteiger partial charge >= 0.3 is 0 Å². The van der Waals surface area contributed by atoms with Crippen LogP contribution in [-0.4, -0.2) is 52.8 Å². The maximum absolute atomic E-state index is 12.5. The molecular formula is C16H21N3O2. The standard InChI is InChI=1S/C16H21N3O2/c1-2-18-10-5-16(15(18)21)6-11-19(12-7-16)14(20)13-3-8-17-9-4-13/h3-4,8-9H,2,5-7,10-12H2,1H3. The first-order valence-electron chi connectivity index (χ1n) is 7.65. The van der Waals surface area contributed by atoms with Gasteiger partial charge in [0.05, 0.1) is 5.41 Å². The summed E-state index contributed by atoms with van der Waals surface area (Å²) < 4.78 is 0. The molecule has 2 aliphatic rings. The molecule has 0 bridgehead atoms. The molecule has 1 aromatic heterocycles. The first-order chi connectivity index (χ1) is 10.2. The molecule has 2 amide bonds. The zero-order valence-electron chi connectivity index (χ0n) is 12.4. The van der Waals surface area contributed by atoms with Gasteiger partial charge in [-0.15, -0.1) is 0 Å². The predicted molar refractivity (Wildman–Crippen MR) is 78.7 cm³/mol. The fourth-order valence-electron chi connectivity index (χ4n) is 3.47. The number of rotatable bonds is 2. The van der Waals surface area contributed by atoms with Crippen molar-refractivity contribution in [3.05, 3.63) is 30.1 Å². The molecule has 5 nitrogen and oxygen atoms in total. The molecule has 2 fully saturated rings. The lowest BCUT2D eigenvalue weighted by Gasteiger charge is -2.38. The molecule has 0 N–H and O–H groups in total. The highest BCUT2D eigenvalue weighted by Crippen LogP contribution is 2.41. The third kappa shape index (κ3) is 2.41. The van der Waals surface area contributed by atoms with Gasteiger partial charge in [0, 0.05) is 44.1 Å². The quantitative estimate of drug-likeness (QED) is 0.829. The summed E-state index contributed by atoms with van der Waals surface area (Å²) in [7, 11) is 0. The van der Waals surface area contributed by atoms with Crippen LogP contribution in [0.15, 0.2) is 24.5 Å². The lowest BCUT2D eigenvalue weighted by atomic mass is 9.77. The summed E-state index contributed by atoms with van der Waals surface area (Å²) in [5.74, 6) is 0.339. The summed E-state index contributed by atoms with van der Waals surface area (Å²) in [5.41, 5.74) is 0.472.